The van der Waals surface area contributed by atoms with Gasteiger partial charge in [-0.15, -0.1) is 0 Å². The van der Waals surface area contributed by atoms with Gasteiger partial charge in [-0.05, 0) is 25.3 Å². The van der Waals surface area contributed by atoms with E-state index in [1.165, 1.54) is 12.8 Å². The number of aromatic nitrogens is 2. The van der Waals surface area contributed by atoms with Gasteiger partial charge in [0.1, 0.15) is 0 Å². The number of rotatable bonds is 4. The molecule has 1 saturated carbocycles. The zero-order valence-corrected chi connectivity index (χ0v) is 8.48. The van der Waals surface area contributed by atoms with Gasteiger partial charge < -0.3 is 10.8 Å². The van der Waals surface area contributed by atoms with Gasteiger partial charge >= 0.3 is 0 Å². The van der Waals surface area contributed by atoms with Gasteiger partial charge in [-0.1, -0.05) is 0 Å². The molecule has 0 aromatic carbocycles. The van der Waals surface area contributed by atoms with E-state index in [1.807, 2.05) is 11.7 Å². The summed E-state index contributed by atoms with van der Waals surface area (Å²) in [5, 5.41) is 13.2. The Morgan fingerprint density at radius 1 is 1.71 bits per heavy atom. The molecule has 3 N–H and O–H groups in total. The number of nitrogens with zero attached hydrogens (tertiary/aromatic N) is 2. The van der Waals surface area contributed by atoms with E-state index in [-0.39, 0.29) is 12.6 Å². The quantitative estimate of drug-likeness (QED) is 0.742. The first-order chi connectivity index (χ1) is 6.72. The third-order valence-corrected chi connectivity index (χ3v) is 2.75. The van der Waals surface area contributed by atoms with E-state index < -0.39 is 0 Å². The van der Waals surface area contributed by atoms with Gasteiger partial charge in [0.15, 0.2) is 0 Å². The molecule has 1 aliphatic rings. The third-order valence-electron chi connectivity index (χ3n) is 2.75. The number of aryl methyl sites for hydroxylation is 1. The van der Waals surface area contributed by atoms with Gasteiger partial charge in [-0.2, -0.15) is 5.10 Å². The summed E-state index contributed by atoms with van der Waals surface area (Å²) in [4.78, 5) is 0. The minimum atomic E-state index is -0.0926. The van der Waals surface area contributed by atoms with E-state index >= 15 is 0 Å². The summed E-state index contributed by atoms with van der Waals surface area (Å²) < 4.78 is 1.84. The predicted octanol–water partition coefficient (Wildman–Crippen LogP) is 0.680. The smallest absolute Gasteiger partial charge is 0.0658 e. The van der Waals surface area contributed by atoms with Crippen LogP contribution in [-0.4, -0.2) is 21.5 Å². The highest BCUT2D eigenvalue weighted by atomic mass is 16.3. The van der Waals surface area contributed by atoms with Crippen LogP contribution in [0.4, 0.5) is 0 Å². The molecule has 0 saturated heterocycles. The first-order valence-corrected chi connectivity index (χ1v) is 5.12. The lowest BCUT2D eigenvalue weighted by atomic mass is 10.1. The Bertz CT molecular complexity index is 317. The molecule has 0 amide bonds. The van der Waals surface area contributed by atoms with Gasteiger partial charge in [0.25, 0.3) is 0 Å². The average Bonchev–Trinajstić information content (AvgIpc) is 2.91. The lowest BCUT2D eigenvalue weighted by Gasteiger charge is -2.09. The summed E-state index contributed by atoms with van der Waals surface area (Å²) in [6.07, 6.45) is 3.11. The second kappa shape index (κ2) is 3.71. The molecule has 1 unspecified atom stereocenters. The van der Waals surface area contributed by atoms with E-state index in [9.17, 15) is 0 Å². The lowest BCUT2D eigenvalue weighted by Crippen LogP contribution is -2.15. The first kappa shape index (κ1) is 9.68. The molecule has 1 aromatic rings. The van der Waals surface area contributed by atoms with Crippen molar-refractivity contribution in [2.24, 2.45) is 12.8 Å². The van der Waals surface area contributed by atoms with Gasteiger partial charge in [0.05, 0.1) is 11.4 Å². The Hall–Kier alpha value is -0.870. The van der Waals surface area contributed by atoms with Crippen LogP contribution < -0.4 is 5.73 Å². The van der Waals surface area contributed by atoms with Crippen LogP contribution in [0, 0.1) is 0 Å². The fourth-order valence-corrected chi connectivity index (χ4v) is 1.72. The van der Waals surface area contributed by atoms with Crippen molar-refractivity contribution in [1.82, 2.24) is 9.78 Å². The SMILES string of the molecule is Cn1nc(C2CC2)cc1C(N)CCO. The normalized spacial score (nSPS) is 18.5. The topological polar surface area (TPSA) is 64.1 Å². The fourth-order valence-electron chi connectivity index (χ4n) is 1.72. The Morgan fingerprint density at radius 3 is 3.00 bits per heavy atom. The van der Waals surface area contributed by atoms with Crippen LogP contribution in [0.25, 0.3) is 0 Å². The third kappa shape index (κ3) is 1.81. The summed E-state index contributed by atoms with van der Waals surface area (Å²) in [6, 6.07) is 1.99. The van der Waals surface area contributed by atoms with E-state index in [4.69, 9.17) is 10.8 Å². The fraction of sp³-hybridized carbons (Fsp3) is 0.700. The monoisotopic (exact) mass is 195 g/mol. The van der Waals surface area contributed by atoms with Crippen LogP contribution in [0.2, 0.25) is 0 Å². The zero-order chi connectivity index (χ0) is 10.1. The van der Waals surface area contributed by atoms with Gasteiger partial charge in [0.2, 0.25) is 0 Å². The highest BCUT2D eigenvalue weighted by Crippen LogP contribution is 2.39. The van der Waals surface area contributed by atoms with Crippen molar-refractivity contribution >= 4 is 0 Å². The van der Waals surface area contributed by atoms with Crippen molar-refractivity contribution in [3.05, 3.63) is 17.5 Å². The van der Waals surface area contributed by atoms with E-state index in [0.29, 0.717) is 12.3 Å². The first-order valence-electron chi connectivity index (χ1n) is 5.12. The molecule has 1 aromatic heterocycles. The molecule has 1 fully saturated rings. The van der Waals surface area contributed by atoms with Crippen LogP contribution in [-0.2, 0) is 7.05 Å². The summed E-state index contributed by atoms with van der Waals surface area (Å²) in [6.45, 7) is 0.130. The number of hydrogen-bond donors (Lipinski definition) is 2. The Morgan fingerprint density at radius 2 is 2.43 bits per heavy atom. The number of aliphatic hydroxyl groups excluding tert-OH is 1. The highest BCUT2D eigenvalue weighted by Gasteiger charge is 2.27. The Labute approximate surface area is 83.7 Å². The van der Waals surface area contributed by atoms with Crippen molar-refractivity contribution in [1.29, 1.82) is 0 Å². The Kier molecular flexibility index (Phi) is 2.56. The molecule has 78 valence electrons. The van der Waals surface area contributed by atoms with Gasteiger partial charge in [0, 0.05) is 25.6 Å². The molecule has 0 spiro atoms. The second-order valence-corrected chi connectivity index (χ2v) is 4.01. The summed E-state index contributed by atoms with van der Waals surface area (Å²) in [7, 11) is 1.92. The van der Waals surface area contributed by atoms with Crippen molar-refractivity contribution < 1.29 is 5.11 Å². The zero-order valence-electron chi connectivity index (χ0n) is 8.48. The molecule has 1 atom stereocenters. The minimum Gasteiger partial charge on any atom is -0.396 e. The van der Waals surface area contributed by atoms with Crippen LogP contribution in [0.15, 0.2) is 6.07 Å². The molecular formula is C10H17N3O. The standard InChI is InChI=1S/C10H17N3O/c1-13-10(8(11)4-5-14)6-9(12-13)7-2-3-7/h6-8,14H,2-5,11H2,1H3. The van der Waals surface area contributed by atoms with Crippen LogP contribution in [0.1, 0.15) is 42.6 Å². The van der Waals surface area contributed by atoms with Crippen molar-refractivity contribution in [3.63, 3.8) is 0 Å². The molecule has 1 heterocycles. The molecule has 0 aliphatic heterocycles. The van der Waals surface area contributed by atoms with Crippen molar-refractivity contribution in [3.8, 4) is 0 Å². The average molecular weight is 195 g/mol. The van der Waals surface area contributed by atoms with Gasteiger partial charge in [-0.3, -0.25) is 4.68 Å². The maximum absolute atomic E-state index is 8.81. The molecular weight excluding hydrogens is 178 g/mol. The summed E-state index contributed by atoms with van der Waals surface area (Å²) >= 11 is 0. The van der Waals surface area contributed by atoms with E-state index in [2.05, 4.69) is 11.2 Å². The molecule has 0 radical (unpaired) electrons. The van der Waals surface area contributed by atoms with E-state index in [1.54, 1.807) is 0 Å². The minimum absolute atomic E-state index is 0.0926. The van der Waals surface area contributed by atoms with Crippen LogP contribution >= 0.6 is 0 Å². The highest BCUT2D eigenvalue weighted by molar-refractivity contribution is 5.20. The lowest BCUT2D eigenvalue weighted by molar-refractivity contribution is 0.274. The maximum atomic E-state index is 8.81. The predicted molar refractivity (Wildman–Crippen MR) is 53.8 cm³/mol. The van der Waals surface area contributed by atoms with Crippen molar-refractivity contribution in [2.45, 2.75) is 31.2 Å². The van der Waals surface area contributed by atoms with Crippen molar-refractivity contribution in [2.75, 3.05) is 6.61 Å². The summed E-state index contributed by atoms with van der Waals surface area (Å²) in [5.41, 5.74) is 8.11. The van der Waals surface area contributed by atoms with Gasteiger partial charge in [-0.25, -0.2) is 0 Å². The summed E-state index contributed by atoms with van der Waals surface area (Å²) in [5.74, 6) is 0.663. The molecule has 2 rings (SSSR count). The molecule has 4 heteroatoms. The van der Waals surface area contributed by atoms with Crippen LogP contribution in [0.5, 0.6) is 0 Å². The van der Waals surface area contributed by atoms with Crippen LogP contribution in [0.3, 0.4) is 0 Å². The second-order valence-electron chi connectivity index (χ2n) is 4.01. The number of nitrogens with two attached hydrogens (primary N) is 1. The Balaban J connectivity index is 2.15. The molecule has 14 heavy (non-hydrogen) atoms. The molecule has 4 nitrogen and oxygen atoms in total. The largest absolute Gasteiger partial charge is 0.396 e. The molecule has 0 bridgehead atoms. The number of aliphatic hydroxyl groups is 1. The number of hydrogen-bond acceptors (Lipinski definition) is 3. The maximum Gasteiger partial charge on any atom is 0.0658 e. The molecule has 1 aliphatic carbocycles. The van der Waals surface area contributed by atoms with E-state index in [0.717, 1.165) is 11.4 Å².